The van der Waals surface area contributed by atoms with E-state index < -0.39 is 0 Å². The first-order valence-corrected chi connectivity index (χ1v) is 21.2. The van der Waals surface area contributed by atoms with Crippen LogP contribution < -0.4 is 4.90 Å². The van der Waals surface area contributed by atoms with E-state index in [1.165, 1.54) is 66.4 Å². The van der Waals surface area contributed by atoms with E-state index in [-0.39, 0.29) is 5.41 Å². The van der Waals surface area contributed by atoms with Crippen LogP contribution in [0.1, 0.15) is 23.6 Å². The third-order valence-electron chi connectivity index (χ3n) is 12.8. The number of fused-ring (bicyclic) bond motifs is 4. The molecule has 1 aliphatic rings. The fraction of sp³-hybridized carbons (Fsp3) is 0.0333. The molecule has 10 aromatic rings. The van der Waals surface area contributed by atoms with Crippen LogP contribution in [0.2, 0.25) is 0 Å². The molecule has 0 heterocycles. The Morgan fingerprint density at radius 2 is 0.836 bits per heavy atom. The van der Waals surface area contributed by atoms with Gasteiger partial charge in [-0.25, -0.2) is 0 Å². The fourth-order valence-corrected chi connectivity index (χ4v) is 9.82. The SMILES string of the molecule is CC1(c2ccccc2)c2ccccc2-c2ccc(N(c3ccc(-c4ccccc4)cc3-c3ccccc3)c3ccccc3-c3cccc4cccc(-c5ccccc5)c34)cc21. The summed E-state index contributed by atoms with van der Waals surface area (Å²) in [6.45, 7) is 2.40. The molecule has 0 aromatic heterocycles. The van der Waals surface area contributed by atoms with Crippen LogP contribution in [-0.2, 0) is 5.41 Å². The van der Waals surface area contributed by atoms with Gasteiger partial charge in [0.2, 0.25) is 0 Å². The average Bonchev–Trinajstić information content (AvgIpc) is 3.60. The first-order valence-electron chi connectivity index (χ1n) is 21.2. The van der Waals surface area contributed by atoms with Gasteiger partial charge < -0.3 is 4.90 Å². The monoisotopic (exact) mass is 777 g/mol. The predicted octanol–water partition coefficient (Wildman–Crippen LogP) is 16.3. The number of nitrogens with zero attached hydrogens (tertiary/aromatic N) is 1. The minimum Gasteiger partial charge on any atom is -0.309 e. The lowest BCUT2D eigenvalue weighted by Gasteiger charge is -2.33. The van der Waals surface area contributed by atoms with Gasteiger partial charge >= 0.3 is 0 Å². The molecule has 0 saturated heterocycles. The summed E-state index contributed by atoms with van der Waals surface area (Å²) in [5.41, 5.74) is 19.0. The van der Waals surface area contributed by atoms with E-state index in [0.717, 1.165) is 33.8 Å². The van der Waals surface area contributed by atoms with Crippen molar-refractivity contribution >= 4 is 27.8 Å². The van der Waals surface area contributed by atoms with E-state index in [4.69, 9.17) is 0 Å². The standard InChI is InChI=1S/C60H43N/c1-60(47-28-12-5-13-29-47)55-34-16-14-30-50(55)51-38-37-48(41-56(51)60)61(58-39-36-46(42-20-6-2-7-21-42)40-54(58)44-24-10-4-11-25-44)57-35-17-15-31-52(57)53-33-19-27-45-26-18-32-49(59(45)53)43-22-8-3-9-23-43/h2-41H,1H3. The van der Waals surface area contributed by atoms with Gasteiger partial charge in [-0.1, -0.05) is 212 Å². The van der Waals surface area contributed by atoms with Crippen molar-refractivity contribution in [2.45, 2.75) is 12.3 Å². The van der Waals surface area contributed by atoms with Gasteiger partial charge in [0.25, 0.3) is 0 Å². The Balaban J connectivity index is 1.21. The first-order chi connectivity index (χ1) is 30.2. The third kappa shape index (κ3) is 6.17. The largest absolute Gasteiger partial charge is 0.309 e. The van der Waals surface area contributed by atoms with Crippen molar-refractivity contribution in [1.29, 1.82) is 0 Å². The molecule has 0 fully saturated rings. The van der Waals surface area contributed by atoms with Crippen LogP contribution in [0.25, 0.3) is 66.4 Å². The lowest BCUT2D eigenvalue weighted by atomic mass is 9.74. The molecule has 0 saturated carbocycles. The zero-order valence-electron chi connectivity index (χ0n) is 34.0. The number of hydrogen-bond donors (Lipinski definition) is 0. The molecular weight excluding hydrogens is 735 g/mol. The highest BCUT2D eigenvalue weighted by Crippen LogP contribution is 2.55. The van der Waals surface area contributed by atoms with Crippen LogP contribution in [0, 0.1) is 0 Å². The number of para-hydroxylation sites is 1. The molecule has 10 aromatic carbocycles. The van der Waals surface area contributed by atoms with Crippen molar-refractivity contribution in [2.24, 2.45) is 0 Å². The summed E-state index contributed by atoms with van der Waals surface area (Å²) in [5, 5.41) is 2.46. The van der Waals surface area contributed by atoms with E-state index in [2.05, 4.69) is 254 Å². The maximum absolute atomic E-state index is 2.52. The number of benzene rings is 10. The summed E-state index contributed by atoms with van der Waals surface area (Å²) in [6.07, 6.45) is 0. The average molecular weight is 778 g/mol. The van der Waals surface area contributed by atoms with Crippen molar-refractivity contribution in [3.8, 4) is 55.6 Å². The zero-order valence-corrected chi connectivity index (χ0v) is 34.0. The van der Waals surface area contributed by atoms with Crippen LogP contribution in [0.3, 0.4) is 0 Å². The van der Waals surface area contributed by atoms with Gasteiger partial charge in [-0.2, -0.15) is 0 Å². The maximum Gasteiger partial charge on any atom is 0.0540 e. The van der Waals surface area contributed by atoms with Crippen LogP contribution in [0.4, 0.5) is 17.1 Å². The lowest BCUT2D eigenvalue weighted by Crippen LogP contribution is -2.23. The van der Waals surface area contributed by atoms with Gasteiger partial charge in [0.1, 0.15) is 0 Å². The Morgan fingerprint density at radius 3 is 1.54 bits per heavy atom. The number of rotatable bonds is 8. The summed E-state index contributed by atoms with van der Waals surface area (Å²) in [5.74, 6) is 0. The molecule has 11 rings (SSSR count). The van der Waals surface area contributed by atoms with Crippen molar-refractivity contribution in [3.05, 3.63) is 259 Å². The Bertz CT molecular complexity index is 3180. The Morgan fingerprint density at radius 1 is 0.311 bits per heavy atom. The molecule has 61 heavy (non-hydrogen) atoms. The van der Waals surface area contributed by atoms with Crippen LogP contribution in [0.5, 0.6) is 0 Å². The lowest BCUT2D eigenvalue weighted by molar-refractivity contribution is 0.714. The highest BCUT2D eigenvalue weighted by atomic mass is 15.1. The minimum atomic E-state index is -0.353. The molecule has 1 heteroatoms. The smallest absolute Gasteiger partial charge is 0.0540 e. The Hall–Kier alpha value is -7.74. The maximum atomic E-state index is 2.52. The predicted molar refractivity (Wildman–Crippen MR) is 258 cm³/mol. The van der Waals surface area contributed by atoms with Crippen molar-refractivity contribution < 1.29 is 0 Å². The molecule has 0 amide bonds. The summed E-state index contributed by atoms with van der Waals surface area (Å²) >= 11 is 0. The van der Waals surface area contributed by atoms with Crippen molar-refractivity contribution in [2.75, 3.05) is 4.90 Å². The van der Waals surface area contributed by atoms with Gasteiger partial charge in [0, 0.05) is 22.2 Å². The Labute approximate surface area is 358 Å². The molecule has 0 spiro atoms. The topological polar surface area (TPSA) is 3.24 Å². The molecule has 0 bridgehead atoms. The molecule has 1 aliphatic carbocycles. The molecule has 1 atom stereocenters. The molecule has 288 valence electrons. The molecular formula is C60H43N. The van der Waals surface area contributed by atoms with Crippen molar-refractivity contribution in [3.63, 3.8) is 0 Å². The minimum absolute atomic E-state index is 0.353. The van der Waals surface area contributed by atoms with Crippen molar-refractivity contribution in [1.82, 2.24) is 0 Å². The molecule has 0 aliphatic heterocycles. The van der Waals surface area contributed by atoms with Crippen LogP contribution >= 0.6 is 0 Å². The zero-order chi connectivity index (χ0) is 40.8. The molecule has 1 unspecified atom stereocenters. The normalized spacial score (nSPS) is 14.0. The second kappa shape index (κ2) is 15.1. The van der Waals surface area contributed by atoms with Crippen LogP contribution in [-0.4, -0.2) is 0 Å². The van der Waals surface area contributed by atoms with Crippen LogP contribution in [0.15, 0.2) is 243 Å². The van der Waals surface area contributed by atoms with E-state index in [1.807, 2.05) is 0 Å². The van der Waals surface area contributed by atoms with E-state index in [0.29, 0.717) is 0 Å². The van der Waals surface area contributed by atoms with E-state index in [1.54, 1.807) is 0 Å². The quantitative estimate of drug-likeness (QED) is 0.149. The van der Waals surface area contributed by atoms with Gasteiger partial charge in [-0.05, 0) is 109 Å². The van der Waals surface area contributed by atoms with E-state index in [9.17, 15) is 0 Å². The molecule has 0 radical (unpaired) electrons. The second-order valence-corrected chi connectivity index (χ2v) is 16.2. The summed E-state index contributed by atoms with van der Waals surface area (Å²) in [4.78, 5) is 2.52. The number of anilines is 3. The highest BCUT2D eigenvalue weighted by molar-refractivity contribution is 6.09. The van der Waals surface area contributed by atoms with Gasteiger partial charge in [-0.15, -0.1) is 0 Å². The third-order valence-corrected chi connectivity index (χ3v) is 12.8. The number of hydrogen-bond acceptors (Lipinski definition) is 1. The molecule has 0 N–H and O–H groups in total. The van der Waals surface area contributed by atoms with Gasteiger partial charge in [0.05, 0.1) is 11.4 Å². The second-order valence-electron chi connectivity index (χ2n) is 16.2. The van der Waals surface area contributed by atoms with Gasteiger partial charge in [-0.3, -0.25) is 0 Å². The molecule has 1 nitrogen and oxygen atoms in total. The summed E-state index contributed by atoms with van der Waals surface area (Å²) < 4.78 is 0. The Kier molecular flexibility index (Phi) is 9.02. The summed E-state index contributed by atoms with van der Waals surface area (Å²) in [7, 11) is 0. The van der Waals surface area contributed by atoms with E-state index >= 15 is 0 Å². The highest BCUT2D eigenvalue weighted by Gasteiger charge is 2.41. The first kappa shape index (κ1) is 36.3. The van der Waals surface area contributed by atoms with Gasteiger partial charge in [0.15, 0.2) is 0 Å². The summed E-state index contributed by atoms with van der Waals surface area (Å²) in [6, 6.07) is 88.9. The fourth-order valence-electron chi connectivity index (χ4n) is 9.82.